The fourth-order valence-corrected chi connectivity index (χ4v) is 3.40. The van der Waals surface area contributed by atoms with Crippen LogP contribution in [0.4, 0.5) is 14.9 Å². The Labute approximate surface area is 149 Å². The molecule has 0 unspecified atom stereocenters. The summed E-state index contributed by atoms with van der Waals surface area (Å²) in [6.45, 7) is 0.168. The molecule has 0 fully saturated rings. The lowest BCUT2D eigenvalue weighted by Gasteiger charge is -2.14. The van der Waals surface area contributed by atoms with Crippen molar-refractivity contribution in [2.24, 2.45) is 0 Å². The van der Waals surface area contributed by atoms with Gasteiger partial charge in [-0.25, -0.2) is 9.18 Å². The predicted molar refractivity (Wildman–Crippen MR) is 96.8 cm³/mol. The Balaban J connectivity index is 1.50. The zero-order valence-corrected chi connectivity index (χ0v) is 13.8. The van der Waals surface area contributed by atoms with E-state index < -0.39 is 11.9 Å². The van der Waals surface area contributed by atoms with Crippen molar-refractivity contribution in [1.82, 2.24) is 0 Å². The number of nitrogens with one attached hydrogen (secondary N) is 1. The maximum absolute atomic E-state index is 13.3. The number of benzene rings is 3. The van der Waals surface area contributed by atoms with Gasteiger partial charge in [0.15, 0.2) is 0 Å². The van der Waals surface area contributed by atoms with Crippen LogP contribution in [0, 0.1) is 5.82 Å². The summed E-state index contributed by atoms with van der Waals surface area (Å²) < 4.78 is 18.7. The van der Waals surface area contributed by atoms with E-state index in [1.807, 2.05) is 36.4 Å². The summed E-state index contributed by atoms with van der Waals surface area (Å²) in [5.41, 5.74) is 4.66. The second kappa shape index (κ2) is 6.52. The van der Waals surface area contributed by atoms with Gasteiger partial charge < -0.3 is 9.84 Å². The van der Waals surface area contributed by atoms with Crippen molar-refractivity contribution in [3.63, 3.8) is 0 Å². The van der Waals surface area contributed by atoms with Crippen molar-refractivity contribution in [2.45, 2.75) is 5.92 Å². The molecule has 0 bridgehead atoms. The van der Waals surface area contributed by atoms with Crippen LogP contribution in [0.15, 0.2) is 66.7 Å². The van der Waals surface area contributed by atoms with Gasteiger partial charge in [-0.1, -0.05) is 48.5 Å². The van der Waals surface area contributed by atoms with E-state index >= 15 is 0 Å². The second-order valence-electron chi connectivity index (χ2n) is 6.15. The standard InChI is InChI=1S/C21H16FNO3/c22-13-9-14(11-15(24)10-13)23-21(25)26-12-20-18-7-3-1-5-16(18)17-6-2-4-8-19(17)20/h1-11,20,24H,12H2,(H,23,25). The third-order valence-corrected chi connectivity index (χ3v) is 4.47. The van der Waals surface area contributed by atoms with Gasteiger partial charge in [0, 0.05) is 18.1 Å². The highest BCUT2D eigenvalue weighted by atomic mass is 19.1. The first-order valence-electron chi connectivity index (χ1n) is 8.23. The van der Waals surface area contributed by atoms with Crippen molar-refractivity contribution >= 4 is 11.8 Å². The van der Waals surface area contributed by atoms with E-state index in [0.717, 1.165) is 34.4 Å². The van der Waals surface area contributed by atoms with Crippen LogP contribution in [0.25, 0.3) is 11.1 Å². The van der Waals surface area contributed by atoms with E-state index in [1.165, 1.54) is 6.07 Å². The van der Waals surface area contributed by atoms with Gasteiger partial charge >= 0.3 is 6.09 Å². The lowest BCUT2D eigenvalue weighted by molar-refractivity contribution is 0.158. The van der Waals surface area contributed by atoms with Crippen molar-refractivity contribution in [2.75, 3.05) is 11.9 Å². The third kappa shape index (κ3) is 2.99. The molecule has 0 saturated carbocycles. The van der Waals surface area contributed by atoms with E-state index in [0.29, 0.717) is 0 Å². The minimum absolute atomic E-state index is 0.0472. The first-order valence-corrected chi connectivity index (χ1v) is 8.23. The molecule has 0 spiro atoms. The smallest absolute Gasteiger partial charge is 0.411 e. The molecule has 0 aliphatic heterocycles. The summed E-state index contributed by atoms with van der Waals surface area (Å²) in [4.78, 5) is 12.1. The minimum Gasteiger partial charge on any atom is -0.508 e. The highest BCUT2D eigenvalue weighted by molar-refractivity contribution is 5.85. The van der Waals surface area contributed by atoms with Crippen LogP contribution < -0.4 is 5.32 Å². The van der Waals surface area contributed by atoms with Gasteiger partial charge in [0.1, 0.15) is 18.2 Å². The molecule has 2 N–H and O–H groups in total. The van der Waals surface area contributed by atoms with Crippen LogP contribution >= 0.6 is 0 Å². The molecule has 1 aliphatic carbocycles. The summed E-state index contributed by atoms with van der Waals surface area (Å²) in [5, 5.41) is 11.8. The number of fused-ring (bicyclic) bond motifs is 3. The molecule has 0 aromatic heterocycles. The van der Waals surface area contributed by atoms with Crippen molar-refractivity contribution in [3.05, 3.63) is 83.7 Å². The molecule has 1 aliphatic rings. The summed E-state index contributed by atoms with van der Waals surface area (Å²) in [5.74, 6) is -0.952. The highest BCUT2D eigenvalue weighted by Gasteiger charge is 2.28. The molecule has 26 heavy (non-hydrogen) atoms. The molecule has 130 valence electrons. The zero-order chi connectivity index (χ0) is 18.1. The summed E-state index contributed by atoms with van der Waals surface area (Å²) in [6, 6.07) is 19.4. The van der Waals surface area contributed by atoms with Crippen LogP contribution in [0.2, 0.25) is 0 Å². The molecule has 4 rings (SSSR count). The van der Waals surface area contributed by atoms with Crippen LogP contribution in [0.1, 0.15) is 17.0 Å². The fraction of sp³-hybridized carbons (Fsp3) is 0.0952. The molecular weight excluding hydrogens is 333 g/mol. The molecule has 0 atom stereocenters. The maximum Gasteiger partial charge on any atom is 0.411 e. The molecule has 4 nitrogen and oxygen atoms in total. The van der Waals surface area contributed by atoms with Crippen molar-refractivity contribution in [3.8, 4) is 16.9 Å². The number of carbonyl (C=O) groups excluding carboxylic acids is 1. The largest absolute Gasteiger partial charge is 0.508 e. The molecule has 5 heteroatoms. The number of phenolic OH excluding ortho intramolecular Hbond substituents is 1. The number of amides is 1. The fourth-order valence-electron chi connectivity index (χ4n) is 3.40. The SMILES string of the molecule is O=C(Nc1cc(O)cc(F)c1)OCC1c2ccccc2-c2ccccc21. The molecule has 1 amide bonds. The summed E-state index contributed by atoms with van der Waals surface area (Å²) in [6.07, 6.45) is -0.697. The lowest BCUT2D eigenvalue weighted by Crippen LogP contribution is -2.18. The molecule has 0 radical (unpaired) electrons. The first kappa shape index (κ1) is 16.1. The minimum atomic E-state index is -0.697. The lowest BCUT2D eigenvalue weighted by atomic mass is 9.98. The Morgan fingerprint density at radius 1 is 1.00 bits per heavy atom. The molecule has 3 aromatic carbocycles. The molecule has 3 aromatic rings. The van der Waals surface area contributed by atoms with Gasteiger partial charge in [-0.2, -0.15) is 0 Å². The number of hydrogen-bond acceptors (Lipinski definition) is 3. The van der Waals surface area contributed by atoms with Crippen molar-refractivity contribution < 1.29 is 19.0 Å². The van der Waals surface area contributed by atoms with Gasteiger partial charge in [-0.05, 0) is 28.3 Å². The predicted octanol–water partition coefficient (Wildman–Crippen LogP) is 4.89. The van der Waals surface area contributed by atoms with E-state index in [1.54, 1.807) is 0 Å². The quantitative estimate of drug-likeness (QED) is 0.708. The Bertz CT molecular complexity index is 921. The third-order valence-electron chi connectivity index (χ3n) is 4.47. The number of halogens is 1. The van der Waals surface area contributed by atoms with Crippen LogP contribution in [-0.4, -0.2) is 17.8 Å². The Kier molecular flexibility index (Phi) is 4.05. The highest BCUT2D eigenvalue weighted by Crippen LogP contribution is 2.44. The number of aromatic hydroxyl groups is 1. The van der Waals surface area contributed by atoms with Gasteiger partial charge in [-0.15, -0.1) is 0 Å². The van der Waals surface area contributed by atoms with Crippen LogP contribution in [0.5, 0.6) is 5.75 Å². The van der Waals surface area contributed by atoms with Gasteiger partial charge in [0.25, 0.3) is 0 Å². The van der Waals surface area contributed by atoms with Crippen LogP contribution in [0.3, 0.4) is 0 Å². The number of hydrogen-bond donors (Lipinski definition) is 2. The average molecular weight is 349 g/mol. The maximum atomic E-state index is 13.3. The summed E-state index contributed by atoms with van der Waals surface area (Å²) in [7, 11) is 0. The van der Waals surface area contributed by atoms with Gasteiger partial charge in [0.2, 0.25) is 0 Å². The molecule has 0 saturated heterocycles. The molecule has 0 heterocycles. The van der Waals surface area contributed by atoms with Gasteiger partial charge in [-0.3, -0.25) is 5.32 Å². The van der Waals surface area contributed by atoms with Crippen molar-refractivity contribution in [1.29, 1.82) is 0 Å². The van der Waals surface area contributed by atoms with E-state index in [-0.39, 0.29) is 24.0 Å². The van der Waals surface area contributed by atoms with E-state index in [9.17, 15) is 14.3 Å². The zero-order valence-electron chi connectivity index (χ0n) is 13.8. The Morgan fingerprint density at radius 3 is 2.23 bits per heavy atom. The number of anilines is 1. The topological polar surface area (TPSA) is 58.6 Å². The number of carbonyl (C=O) groups is 1. The monoisotopic (exact) mass is 349 g/mol. The number of ether oxygens (including phenoxy) is 1. The molecular formula is C21H16FNO3. The Hall–Kier alpha value is -3.34. The van der Waals surface area contributed by atoms with Gasteiger partial charge in [0.05, 0.1) is 5.69 Å². The second-order valence-corrected chi connectivity index (χ2v) is 6.15. The average Bonchev–Trinajstić information content (AvgIpc) is 2.93. The normalized spacial score (nSPS) is 12.3. The van der Waals surface area contributed by atoms with E-state index in [2.05, 4.69) is 17.4 Å². The Morgan fingerprint density at radius 2 is 1.62 bits per heavy atom. The first-order chi connectivity index (χ1) is 12.6. The van der Waals surface area contributed by atoms with E-state index in [4.69, 9.17) is 4.74 Å². The number of rotatable bonds is 3. The summed E-state index contributed by atoms with van der Waals surface area (Å²) >= 11 is 0. The number of phenols is 1. The van der Waals surface area contributed by atoms with Crippen LogP contribution in [-0.2, 0) is 4.74 Å².